The quantitative estimate of drug-likeness (QED) is 0.601. The van der Waals surface area contributed by atoms with Crippen molar-refractivity contribution in [2.45, 2.75) is 65.7 Å². The molecule has 0 atom stereocenters. The predicted octanol–water partition coefficient (Wildman–Crippen LogP) is 4.57. The van der Waals surface area contributed by atoms with E-state index in [1.54, 1.807) is 0 Å². The van der Waals surface area contributed by atoms with E-state index < -0.39 is 0 Å². The van der Waals surface area contributed by atoms with Crippen LogP contribution in [0.25, 0.3) is 0 Å². The van der Waals surface area contributed by atoms with E-state index in [4.69, 9.17) is 0 Å². The predicted molar refractivity (Wildman–Crippen MR) is 125 cm³/mol. The van der Waals surface area contributed by atoms with Gasteiger partial charge >= 0.3 is 0 Å². The summed E-state index contributed by atoms with van der Waals surface area (Å²) in [7, 11) is 3.78. The number of nitrogens with one attached hydrogen (secondary N) is 1. The van der Waals surface area contributed by atoms with Gasteiger partial charge in [-0.3, -0.25) is 9.59 Å². The molecule has 5 nitrogen and oxygen atoms in total. The number of anilines is 1. The van der Waals surface area contributed by atoms with E-state index in [1.165, 1.54) is 24.8 Å². The molecule has 30 heavy (non-hydrogen) atoms. The number of benzene rings is 1. The Morgan fingerprint density at radius 2 is 1.70 bits per heavy atom. The first kappa shape index (κ1) is 24.4. The van der Waals surface area contributed by atoms with Gasteiger partial charge in [0.05, 0.1) is 6.54 Å². The number of likely N-dealkylation sites (N-methyl/N-ethyl adjacent to an activating group) is 1. The average Bonchev–Trinajstić information content (AvgIpc) is 2.65. The summed E-state index contributed by atoms with van der Waals surface area (Å²) in [6.45, 7) is 8.65. The highest BCUT2D eigenvalue weighted by molar-refractivity contribution is 5.92. The van der Waals surface area contributed by atoms with E-state index in [9.17, 15) is 9.59 Å². The van der Waals surface area contributed by atoms with Gasteiger partial charge in [-0.1, -0.05) is 45.7 Å². The van der Waals surface area contributed by atoms with E-state index in [-0.39, 0.29) is 11.3 Å². The fraction of sp³-hybridized carbons (Fsp3) is 0.680. The largest absolute Gasteiger partial charge is 0.343 e. The number of amides is 2. The molecular formula is C25H41N3O2. The number of likely N-dealkylation sites (tertiary alicyclic amines) is 1. The monoisotopic (exact) mass is 415 g/mol. The lowest BCUT2D eigenvalue weighted by Crippen LogP contribution is -2.39. The summed E-state index contributed by atoms with van der Waals surface area (Å²) in [5.74, 6) is 1.10. The Balaban J connectivity index is 1.62. The summed E-state index contributed by atoms with van der Waals surface area (Å²) in [6, 6.07) is 8.22. The molecule has 0 radical (unpaired) electrons. The third-order valence-corrected chi connectivity index (χ3v) is 5.67. The molecule has 0 aromatic heterocycles. The standard InChI is InChI=1S/C25H41N3O2/c1-25(2,3)18-24(30)28-16-14-21(15-17-28)9-7-6-8-20-10-12-22(13-11-20)26-23(29)19-27(4)5/h10-13,21H,6-9,14-19H2,1-5H3,(H,26,29). The van der Waals surface area contributed by atoms with Crippen LogP contribution in [0, 0.1) is 11.3 Å². The molecule has 2 rings (SSSR count). The first-order chi connectivity index (χ1) is 14.1. The fourth-order valence-electron chi connectivity index (χ4n) is 4.04. The van der Waals surface area contributed by atoms with Gasteiger partial charge in [-0.2, -0.15) is 0 Å². The molecular weight excluding hydrogens is 374 g/mol. The van der Waals surface area contributed by atoms with Crippen LogP contribution in [0.1, 0.15) is 64.9 Å². The van der Waals surface area contributed by atoms with Gasteiger partial charge < -0.3 is 15.1 Å². The maximum Gasteiger partial charge on any atom is 0.238 e. The Hall–Kier alpha value is -1.88. The minimum atomic E-state index is 0.0129. The van der Waals surface area contributed by atoms with Crippen molar-refractivity contribution in [1.29, 1.82) is 0 Å². The van der Waals surface area contributed by atoms with Crippen molar-refractivity contribution in [3.05, 3.63) is 29.8 Å². The van der Waals surface area contributed by atoms with Crippen LogP contribution in [0.2, 0.25) is 0 Å². The number of carbonyl (C=O) groups excluding carboxylic acids is 2. The number of aryl methyl sites for hydroxylation is 1. The van der Waals surface area contributed by atoms with Crippen LogP contribution < -0.4 is 5.32 Å². The van der Waals surface area contributed by atoms with Gasteiger partial charge in [0, 0.05) is 25.2 Å². The maximum absolute atomic E-state index is 12.4. The highest BCUT2D eigenvalue weighted by Gasteiger charge is 2.25. The third kappa shape index (κ3) is 9.29. The highest BCUT2D eigenvalue weighted by Crippen LogP contribution is 2.26. The Labute approximate surface area is 183 Å². The Morgan fingerprint density at radius 3 is 2.27 bits per heavy atom. The summed E-state index contributed by atoms with van der Waals surface area (Å²) in [4.78, 5) is 28.1. The average molecular weight is 416 g/mol. The molecule has 1 saturated heterocycles. The van der Waals surface area contributed by atoms with Crippen LogP contribution in [-0.4, -0.2) is 55.3 Å². The van der Waals surface area contributed by atoms with Crippen molar-refractivity contribution in [1.82, 2.24) is 9.80 Å². The number of piperidine rings is 1. The lowest BCUT2D eigenvalue weighted by molar-refractivity contribution is -0.134. The summed E-state index contributed by atoms with van der Waals surface area (Å²) in [6.07, 6.45) is 7.72. The lowest BCUT2D eigenvalue weighted by atomic mass is 9.88. The summed E-state index contributed by atoms with van der Waals surface area (Å²) < 4.78 is 0. The van der Waals surface area contributed by atoms with Gasteiger partial charge in [0.15, 0.2) is 0 Å². The Bertz CT molecular complexity index is 669. The van der Waals surface area contributed by atoms with Crippen LogP contribution in [0.4, 0.5) is 5.69 Å². The van der Waals surface area contributed by atoms with Crippen LogP contribution in [-0.2, 0) is 16.0 Å². The molecule has 2 amide bonds. The van der Waals surface area contributed by atoms with Gasteiger partial charge in [0.1, 0.15) is 0 Å². The van der Waals surface area contributed by atoms with Gasteiger partial charge in [-0.05, 0) is 68.8 Å². The highest BCUT2D eigenvalue weighted by atomic mass is 16.2. The zero-order valence-electron chi connectivity index (χ0n) is 19.7. The van der Waals surface area contributed by atoms with Crippen molar-refractivity contribution in [2.75, 3.05) is 39.0 Å². The maximum atomic E-state index is 12.4. The number of carbonyl (C=O) groups is 2. The van der Waals surface area contributed by atoms with E-state index >= 15 is 0 Å². The van der Waals surface area contributed by atoms with E-state index in [1.807, 2.05) is 31.1 Å². The normalized spacial score (nSPS) is 15.5. The van der Waals surface area contributed by atoms with Gasteiger partial charge in [-0.25, -0.2) is 0 Å². The second-order valence-electron chi connectivity index (χ2n) is 10.3. The number of unbranched alkanes of at least 4 members (excludes halogenated alkanes) is 1. The SMILES string of the molecule is CN(C)CC(=O)Nc1ccc(CCCCC2CCN(C(=O)CC(C)(C)C)CC2)cc1. The van der Waals surface area contributed by atoms with Crippen LogP contribution >= 0.6 is 0 Å². The number of hydrogen-bond donors (Lipinski definition) is 1. The summed E-state index contributed by atoms with van der Waals surface area (Å²) >= 11 is 0. The molecule has 1 heterocycles. The van der Waals surface area contributed by atoms with Crippen LogP contribution in [0.3, 0.4) is 0 Å². The summed E-state index contributed by atoms with van der Waals surface area (Å²) in [5.41, 5.74) is 2.26. The van der Waals surface area contributed by atoms with Crippen molar-refractivity contribution in [2.24, 2.45) is 11.3 Å². The molecule has 0 saturated carbocycles. The second-order valence-corrected chi connectivity index (χ2v) is 10.3. The minimum absolute atomic E-state index is 0.0129. The zero-order chi connectivity index (χ0) is 22.1. The molecule has 1 fully saturated rings. The Morgan fingerprint density at radius 1 is 1.07 bits per heavy atom. The molecule has 1 aliphatic rings. The van der Waals surface area contributed by atoms with E-state index in [2.05, 4.69) is 43.1 Å². The van der Waals surface area contributed by atoms with Crippen molar-refractivity contribution in [3.8, 4) is 0 Å². The number of hydrogen-bond acceptors (Lipinski definition) is 3. The fourth-order valence-corrected chi connectivity index (χ4v) is 4.04. The molecule has 168 valence electrons. The molecule has 5 heteroatoms. The van der Waals surface area contributed by atoms with Crippen molar-refractivity contribution in [3.63, 3.8) is 0 Å². The zero-order valence-corrected chi connectivity index (χ0v) is 19.7. The summed E-state index contributed by atoms with van der Waals surface area (Å²) in [5, 5.41) is 2.93. The van der Waals surface area contributed by atoms with Crippen LogP contribution in [0.5, 0.6) is 0 Å². The lowest BCUT2D eigenvalue weighted by Gasteiger charge is -2.33. The molecule has 1 N–H and O–H groups in total. The topological polar surface area (TPSA) is 52.7 Å². The van der Waals surface area contributed by atoms with Crippen molar-refractivity contribution >= 4 is 17.5 Å². The van der Waals surface area contributed by atoms with Gasteiger partial charge in [-0.15, -0.1) is 0 Å². The number of rotatable bonds is 9. The first-order valence-electron chi connectivity index (χ1n) is 11.4. The molecule has 1 aromatic carbocycles. The molecule has 0 bridgehead atoms. The van der Waals surface area contributed by atoms with Crippen LogP contribution in [0.15, 0.2) is 24.3 Å². The smallest absolute Gasteiger partial charge is 0.238 e. The second kappa shape index (κ2) is 11.5. The van der Waals surface area contributed by atoms with E-state index in [0.717, 1.165) is 44.0 Å². The minimum Gasteiger partial charge on any atom is -0.343 e. The van der Waals surface area contributed by atoms with Gasteiger partial charge in [0.25, 0.3) is 0 Å². The van der Waals surface area contributed by atoms with E-state index in [0.29, 0.717) is 18.9 Å². The molecule has 0 unspecified atom stereocenters. The molecule has 0 aliphatic carbocycles. The third-order valence-electron chi connectivity index (χ3n) is 5.67. The first-order valence-corrected chi connectivity index (χ1v) is 11.4. The number of nitrogens with zero attached hydrogens (tertiary/aromatic N) is 2. The molecule has 0 spiro atoms. The van der Waals surface area contributed by atoms with Crippen molar-refractivity contribution < 1.29 is 9.59 Å². The molecule has 1 aromatic rings. The molecule has 1 aliphatic heterocycles. The van der Waals surface area contributed by atoms with Gasteiger partial charge in [0.2, 0.25) is 11.8 Å². The Kier molecular flexibility index (Phi) is 9.35.